The van der Waals surface area contributed by atoms with Crippen LogP contribution in [0.5, 0.6) is 0 Å². The Bertz CT molecular complexity index is 643. The fourth-order valence-corrected chi connectivity index (χ4v) is 2.41. The molecule has 5 heteroatoms. The Kier molecular flexibility index (Phi) is 4.57. The third-order valence-corrected chi connectivity index (χ3v) is 3.83. The molecule has 2 rings (SSSR count). The molecule has 0 fully saturated rings. The van der Waals surface area contributed by atoms with Crippen molar-refractivity contribution in [3.8, 4) is 0 Å². The van der Waals surface area contributed by atoms with E-state index in [1.54, 1.807) is 4.90 Å². The fourth-order valence-electron chi connectivity index (χ4n) is 2.20. The number of hydrogen-bond acceptors (Lipinski definition) is 3. The van der Waals surface area contributed by atoms with Gasteiger partial charge in [-0.05, 0) is 25.1 Å². The van der Waals surface area contributed by atoms with E-state index in [0.717, 1.165) is 22.2 Å². The van der Waals surface area contributed by atoms with Gasteiger partial charge in [-0.2, -0.15) is 0 Å². The summed E-state index contributed by atoms with van der Waals surface area (Å²) in [6, 6.07) is 7.81. The molecule has 0 aliphatic heterocycles. The number of benzene rings is 1. The highest BCUT2D eigenvalue weighted by Gasteiger charge is 2.14. The number of aromatic nitrogens is 1. The summed E-state index contributed by atoms with van der Waals surface area (Å²) in [6.45, 7) is 4.94. The standard InChI is InChI=1S/C15H17ClN2O2/c1-3-18(9-14(19)20)8-13-15(16)10(2)11-6-4-5-7-12(11)17-13/h4-7H,3,8-9H2,1-2H3,(H,19,20). The Labute approximate surface area is 123 Å². The number of aryl methyl sites for hydroxylation is 1. The van der Waals surface area contributed by atoms with Gasteiger partial charge in [0.05, 0.1) is 22.8 Å². The van der Waals surface area contributed by atoms with Gasteiger partial charge >= 0.3 is 5.97 Å². The predicted octanol–water partition coefficient (Wildman–Crippen LogP) is 3.10. The maximum absolute atomic E-state index is 10.8. The molecule has 0 aliphatic carbocycles. The molecule has 1 N–H and O–H groups in total. The molecule has 0 aliphatic rings. The Morgan fingerprint density at radius 2 is 2.10 bits per heavy atom. The zero-order chi connectivity index (χ0) is 14.7. The first-order valence-corrected chi connectivity index (χ1v) is 6.88. The van der Waals surface area contributed by atoms with Crippen LogP contribution in [-0.4, -0.2) is 34.0 Å². The molecular formula is C15H17ClN2O2. The molecule has 1 heterocycles. The lowest BCUT2D eigenvalue weighted by Gasteiger charge is -2.19. The van der Waals surface area contributed by atoms with Gasteiger partial charge in [0.1, 0.15) is 0 Å². The van der Waals surface area contributed by atoms with Crippen LogP contribution < -0.4 is 0 Å². The number of para-hydroxylation sites is 1. The Hall–Kier alpha value is -1.65. The average Bonchev–Trinajstić information content (AvgIpc) is 2.43. The van der Waals surface area contributed by atoms with E-state index >= 15 is 0 Å². The fraction of sp³-hybridized carbons (Fsp3) is 0.333. The largest absolute Gasteiger partial charge is 0.480 e. The number of halogens is 1. The summed E-state index contributed by atoms with van der Waals surface area (Å²) in [4.78, 5) is 17.2. The molecule has 0 amide bonds. The number of fused-ring (bicyclic) bond motifs is 1. The maximum Gasteiger partial charge on any atom is 0.317 e. The van der Waals surface area contributed by atoms with Crippen LogP contribution in [0.4, 0.5) is 0 Å². The first-order valence-electron chi connectivity index (χ1n) is 6.50. The average molecular weight is 293 g/mol. The number of hydrogen-bond donors (Lipinski definition) is 1. The number of carboxylic acid groups (broad SMARTS) is 1. The highest BCUT2D eigenvalue weighted by Crippen LogP contribution is 2.27. The molecule has 1 aromatic heterocycles. The van der Waals surface area contributed by atoms with Crippen LogP contribution in [0.3, 0.4) is 0 Å². The van der Waals surface area contributed by atoms with Gasteiger partial charge in [0, 0.05) is 11.9 Å². The SMILES string of the molecule is CCN(CC(=O)O)Cc1nc2ccccc2c(C)c1Cl. The smallest absolute Gasteiger partial charge is 0.317 e. The minimum atomic E-state index is -0.847. The van der Waals surface area contributed by atoms with Crippen molar-refractivity contribution in [3.63, 3.8) is 0 Å². The van der Waals surface area contributed by atoms with Gasteiger partial charge in [0.2, 0.25) is 0 Å². The van der Waals surface area contributed by atoms with Gasteiger partial charge in [-0.25, -0.2) is 4.98 Å². The van der Waals surface area contributed by atoms with Crippen LogP contribution >= 0.6 is 11.6 Å². The molecule has 0 atom stereocenters. The minimum Gasteiger partial charge on any atom is -0.480 e. The Balaban J connectivity index is 2.39. The zero-order valence-corrected chi connectivity index (χ0v) is 12.3. The third kappa shape index (κ3) is 3.08. The number of nitrogens with zero attached hydrogens (tertiary/aromatic N) is 2. The second kappa shape index (κ2) is 6.20. The van der Waals surface area contributed by atoms with E-state index in [1.807, 2.05) is 38.1 Å². The number of rotatable bonds is 5. The van der Waals surface area contributed by atoms with Crippen molar-refractivity contribution in [3.05, 3.63) is 40.5 Å². The van der Waals surface area contributed by atoms with Crippen LogP contribution in [0.1, 0.15) is 18.2 Å². The van der Waals surface area contributed by atoms with Crippen molar-refractivity contribution in [1.29, 1.82) is 0 Å². The molecule has 0 radical (unpaired) electrons. The van der Waals surface area contributed by atoms with E-state index in [1.165, 1.54) is 0 Å². The van der Waals surface area contributed by atoms with Crippen LogP contribution in [0, 0.1) is 6.92 Å². The van der Waals surface area contributed by atoms with Gasteiger partial charge in [0.15, 0.2) is 0 Å². The number of pyridine rings is 1. The molecule has 0 bridgehead atoms. The second-order valence-corrected chi connectivity index (χ2v) is 5.09. The summed E-state index contributed by atoms with van der Waals surface area (Å²) in [6.07, 6.45) is 0. The molecule has 0 saturated heterocycles. The third-order valence-electron chi connectivity index (χ3n) is 3.33. The van der Waals surface area contributed by atoms with Crippen LogP contribution in [0.25, 0.3) is 10.9 Å². The highest BCUT2D eigenvalue weighted by atomic mass is 35.5. The van der Waals surface area contributed by atoms with E-state index < -0.39 is 5.97 Å². The number of carbonyl (C=O) groups is 1. The van der Waals surface area contributed by atoms with Gasteiger partial charge in [-0.1, -0.05) is 36.7 Å². The first kappa shape index (κ1) is 14.8. The summed E-state index contributed by atoms with van der Waals surface area (Å²) >= 11 is 6.37. The van der Waals surface area contributed by atoms with Crippen molar-refractivity contribution < 1.29 is 9.90 Å². The van der Waals surface area contributed by atoms with Crippen molar-refractivity contribution in [2.24, 2.45) is 0 Å². The van der Waals surface area contributed by atoms with Crippen molar-refractivity contribution in [2.45, 2.75) is 20.4 Å². The summed E-state index contributed by atoms with van der Waals surface area (Å²) in [7, 11) is 0. The van der Waals surface area contributed by atoms with Crippen LogP contribution in [0.2, 0.25) is 5.02 Å². The molecule has 0 spiro atoms. The summed E-state index contributed by atoms with van der Waals surface area (Å²) in [5.41, 5.74) is 2.60. The molecule has 0 unspecified atom stereocenters. The highest BCUT2D eigenvalue weighted by molar-refractivity contribution is 6.32. The molecule has 106 valence electrons. The van der Waals surface area contributed by atoms with E-state index in [9.17, 15) is 4.79 Å². The zero-order valence-electron chi connectivity index (χ0n) is 11.6. The van der Waals surface area contributed by atoms with Gasteiger partial charge in [0.25, 0.3) is 0 Å². The van der Waals surface area contributed by atoms with Crippen molar-refractivity contribution >= 4 is 28.5 Å². The number of carboxylic acids is 1. The van der Waals surface area contributed by atoms with E-state index in [2.05, 4.69) is 4.98 Å². The second-order valence-electron chi connectivity index (χ2n) is 4.71. The van der Waals surface area contributed by atoms with Gasteiger partial charge < -0.3 is 5.11 Å². The molecular weight excluding hydrogens is 276 g/mol. The molecule has 0 saturated carbocycles. The summed E-state index contributed by atoms with van der Waals surface area (Å²) in [5.74, 6) is -0.847. The normalized spacial score (nSPS) is 11.2. The van der Waals surface area contributed by atoms with Gasteiger partial charge in [-0.15, -0.1) is 0 Å². The monoisotopic (exact) mass is 292 g/mol. The Morgan fingerprint density at radius 3 is 2.75 bits per heavy atom. The lowest BCUT2D eigenvalue weighted by atomic mass is 10.1. The van der Waals surface area contributed by atoms with Crippen LogP contribution in [0.15, 0.2) is 24.3 Å². The molecule has 1 aromatic carbocycles. The van der Waals surface area contributed by atoms with Crippen molar-refractivity contribution in [2.75, 3.05) is 13.1 Å². The van der Waals surface area contributed by atoms with E-state index in [0.29, 0.717) is 18.1 Å². The predicted molar refractivity (Wildman–Crippen MR) is 80.1 cm³/mol. The lowest BCUT2D eigenvalue weighted by molar-refractivity contribution is -0.138. The molecule has 2 aromatic rings. The van der Waals surface area contributed by atoms with Crippen LogP contribution in [-0.2, 0) is 11.3 Å². The topological polar surface area (TPSA) is 53.4 Å². The molecule has 4 nitrogen and oxygen atoms in total. The summed E-state index contributed by atoms with van der Waals surface area (Å²) < 4.78 is 0. The minimum absolute atomic E-state index is 0.0135. The first-order chi connectivity index (χ1) is 9.52. The maximum atomic E-state index is 10.8. The quantitative estimate of drug-likeness (QED) is 0.920. The number of aliphatic carboxylic acids is 1. The van der Waals surface area contributed by atoms with E-state index in [4.69, 9.17) is 16.7 Å². The van der Waals surface area contributed by atoms with E-state index in [-0.39, 0.29) is 6.54 Å². The molecule has 20 heavy (non-hydrogen) atoms. The lowest BCUT2D eigenvalue weighted by Crippen LogP contribution is -2.29. The number of likely N-dealkylation sites (N-methyl/N-ethyl adjacent to an activating group) is 1. The van der Waals surface area contributed by atoms with Gasteiger partial charge in [-0.3, -0.25) is 9.69 Å². The summed E-state index contributed by atoms with van der Waals surface area (Å²) in [5, 5.41) is 10.5. The Morgan fingerprint density at radius 1 is 1.40 bits per heavy atom. The van der Waals surface area contributed by atoms with Crippen molar-refractivity contribution in [1.82, 2.24) is 9.88 Å².